The SMILES string of the molecule is CCOc1ccc(N2CCN(C(=O)c3ccccc3Cl)C(C)C2=O)cc1. The molecule has 1 heterocycles. The molecule has 0 N–H and O–H groups in total. The topological polar surface area (TPSA) is 49.9 Å². The molecular weight excluding hydrogens is 352 g/mol. The van der Waals surface area contributed by atoms with Gasteiger partial charge in [0.05, 0.1) is 17.2 Å². The van der Waals surface area contributed by atoms with E-state index in [0.29, 0.717) is 30.3 Å². The van der Waals surface area contributed by atoms with E-state index in [9.17, 15) is 9.59 Å². The van der Waals surface area contributed by atoms with E-state index in [4.69, 9.17) is 16.3 Å². The fourth-order valence-corrected chi connectivity index (χ4v) is 3.30. The van der Waals surface area contributed by atoms with Gasteiger partial charge in [0.15, 0.2) is 0 Å². The number of anilines is 1. The number of ether oxygens (including phenoxy) is 1. The Balaban J connectivity index is 1.76. The number of carbonyl (C=O) groups is 2. The molecule has 2 amide bonds. The monoisotopic (exact) mass is 372 g/mol. The van der Waals surface area contributed by atoms with Crippen LogP contribution in [0.2, 0.25) is 5.02 Å². The Hall–Kier alpha value is -2.53. The zero-order chi connectivity index (χ0) is 18.7. The average molecular weight is 373 g/mol. The summed E-state index contributed by atoms with van der Waals surface area (Å²) in [6.45, 7) is 5.15. The molecule has 0 aliphatic carbocycles. The average Bonchev–Trinajstić information content (AvgIpc) is 2.65. The molecule has 1 aliphatic rings. The van der Waals surface area contributed by atoms with Crippen molar-refractivity contribution < 1.29 is 14.3 Å². The minimum absolute atomic E-state index is 0.110. The van der Waals surface area contributed by atoms with Crippen LogP contribution in [0.5, 0.6) is 5.75 Å². The number of amides is 2. The fourth-order valence-electron chi connectivity index (χ4n) is 3.08. The normalized spacial score (nSPS) is 17.3. The number of rotatable bonds is 4. The minimum Gasteiger partial charge on any atom is -0.494 e. The number of hydrogen-bond donors (Lipinski definition) is 0. The van der Waals surface area contributed by atoms with Crippen LogP contribution in [0.25, 0.3) is 0 Å². The lowest BCUT2D eigenvalue weighted by molar-refractivity contribution is -0.124. The van der Waals surface area contributed by atoms with Crippen molar-refractivity contribution >= 4 is 29.1 Å². The summed E-state index contributed by atoms with van der Waals surface area (Å²) in [6, 6.07) is 13.8. The van der Waals surface area contributed by atoms with Gasteiger partial charge in [-0.1, -0.05) is 23.7 Å². The third-order valence-corrected chi connectivity index (χ3v) is 4.81. The van der Waals surface area contributed by atoms with Gasteiger partial charge in [0, 0.05) is 18.8 Å². The first kappa shape index (κ1) is 18.3. The molecule has 1 unspecified atom stereocenters. The second kappa shape index (κ2) is 7.79. The molecule has 1 saturated heterocycles. The molecule has 0 saturated carbocycles. The van der Waals surface area contributed by atoms with Gasteiger partial charge in [-0.15, -0.1) is 0 Å². The summed E-state index contributed by atoms with van der Waals surface area (Å²) in [6.07, 6.45) is 0. The highest BCUT2D eigenvalue weighted by Gasteiger charge is 2.35. The number of benzene rings is 2. The van der Waals surface area contributed by atoms with Crippen molar-refractivity contribution in [3.8, 4) is 5.75 Å². The van der Waals surface area contributed by atoms with Crippen molar-refractivity contribution in [1.82, 2.24) is 4.90 Å². The maximum absolute atomic E-state index is 12.8. The van der Waals surface area contributed by atoms with E-state index >= 15 is 0 Å². The van der Waals surface area contributed by atoms with Crippen LogP contribution in [0.3, 0.4) is 0 Å². The lowest BCUT2D eigenvalue weighted by Crippen LogP contribution is -2.57. The molecule has 0 bridgehead atoms. The van der Waals surface area contributed by atoms with Crippen LogP contribution >= 0.6 is 11.6 Å². The summed E-state index contributed by atoms with van der Waals surface area (Å²) in [4.78, 5) is 28.9. The molecule has 136 valence electrons. The number of halogens is 1. The van der Waals surface area contributed by atoms with Gasteiger partial charge in [0.25, 0.3) is 5.91 Å². The zero-order valence-electron chi connectivity index (χ0n) is 14.8. The standard InChI is InChI=1S/C20H21ClN2O3/c1-3-26-16-10-8-15(9-11-16)23-13-12-22(14(2)19(23)24)20(25)17-6-4-5-7-18(17)21/h4-11,14H,3,12-13H2,1-2H3. The molecule has 6 heteroatoms. The van der Waals surface area contributed by atoms with Gasteiger partial charge in [-0.3, -0.25) is 9.59 Å². The largest absolute Gasteiger partial charge is 0.494 e. The van der Waals surface area contributed by atoms with E-state index in [-0.39, 0.29) is 11.8 Å². The maximum atomic E-state index is 12.8. The Morgan fingerprint density at radius 3 is 2.50 bits per heavy atom. The van der Waals surface area contributed by atoms with Gasteiger partial charge >= 0.3 is 0 Å². The zero-order valence-corrected chi connectivity index (χ0v) is 15.6. The van der Waals surface area contributed by atoms with E-state index in [1.54, 1.807) is 41.0 Å². The van der Waals surface area contributed by atoms with Crippen molar-refractivity contribution in [2.75, 3.05) is 24.6 Å². The smallest absolute Gasteiger partial charge is 0.256 e. The Morgan fingerprint density at radius 2 is 1.85 bits per heavy atom. The molecule has 2 aromatic carbocycles. The van der Waals surface area contributed by atoms with Crippen LogP contribution in [0, 0.1) is 0 Å². The lowest BCUT2D eigenvalue weighted by atomic mass is 10.1. The summed E-state index contributed by atoms with van der Waals surface area (Å²) < 4.78 is 5.44. The number of nitrogens with zero attached hydrogens (tertiary/aromatic N) is 2. The Morgan fingerprint density at radius 1 is 1.15 bits per heavy atom. The van der Waals surface area contributed by atoms with E-state index in [1.807, 2.05) is 31.2 Å². The second-order valence-corrected chi connectivity index (χ2v) is 6.48. The predicted octanol–water partition coefficient (Wildman–Crippen LogP) is 3.62. The molecule has 26 heavy (non-hydrogen) atoms. The van der Waals surface area contributed by atoms with Crippen LogP contribution in [0.1, 0.15) is 24.2 Å². The van der Waals surface area contributed by atoms with E-state index < -0.39 is 6.04 Å². The van der Waals surface area contributed by atoms with Gasteiger partial charge in [-0.2, -0.15) is 0 Å². The van der Waals surface area contributed by atoms with Crippen LogP contribution in [-0.2, 0) is 4.79 Å². The van der Waals surface area contributed by atoms with Crippen LogP contribution < -0.4 is 9.64 Å². The van der Waals surface area contributed by atoms with E-state index in [0.717, 1.165) is 11.4 Å². The Kier molecular flexibility index (Phi) is 5.47. The predicted molar refractivity (Wildman–Crippen MR) is 102 cm³/mol. The molecule has 1 atom stereocenters. The second-order valence-electron chi connectivity index (χ2n) is 6.07. The molecule has 0 spiro atoms. The highest BCUT2D eigenvalue weighted by atomic mass is 35.5. The maximum Gasteiger partial charge on any atom is 0.256 e. The summed E-state index contributed by atoms with van der Waals surface area (Å²) in [5.41, 5.74) is 1.22. The van der Waals surface area contributed by atoms with Gasteiger partial charge in [-0.25, -0.2) is 0 Å². The number of hydrogen-bond acceptors (Lipinski definition) is 3. The lowest BCUT2D eigenvalue weighted by Gasteiger charge is -2.39. The molecular formula is C20H21ClN2O3. The fraction of sp³-hybridized carbons (Fsp3) is 0.300. The first-order valence-electron chi connectivity index (χ1n) is 8.62. The van der Waals surface area contributed by atoms with Crippen molar-refractivity contribution in [2.45, 2.75) is 19.9 Å². The third-order valence-electron chi connectivity index (χ3n) is 4.48. The highest BCUT2D eigenvalue weighted by molar-refractivity contribution is 6.33. The molecule has 0 aromatic heterocycles. The molecule has 5 nitrogen and oxygen atoms in total. The first-order chi connectivity index (χ1) is 12.5. The van der Waals surface area contributed by atoms with Gasteiger partial charge in [0.1, 0.15) is 11.8 Å². The molecule has 1 aliphatic heterocycles. The first-order valence-corrected chi connectivity index (χ1v) is 9.00. The highest BCUT2D eigenvalue weighted by Crippen LogP contribution is 2.25. The van der Waals surface area contributed by atoms with Crippen molar-refractivity contribution in [3.63, 3.8) is 0 Å². The quantitative estimate of drug-likeness (QED) is 0.823. The molecule has 1 fully saturated rings. The van der Waals surface area contributed by atoms with Crippen molar-refractivity contribution in [2.24, 2.45) is 0 Å². The number of piperazine rings is 1. The molecule has 2 aromatic rings. The van der Waals surface area contributed by atoms with Gasteiger partial charge in [0.2, 0.25) is 5.91 Å². The van der Waals surface area contributed by atoms with Crippen LogP contribution in [-0.4, -0.2) is 42.5 Å². The van der Waals surface area contributed by atoms with E-state index in [2.05, 4.69) is 0 Å². The summed E-state index contributed by atoms with van der Waals surface area (Å²) in [5.74, 6) is 0.438. The third kappa shape index (κ3) is 3.53. The summed E-state index contributed by atoms with van der Waals surface area (Å²) in [5, 5.41) is 0.395. The Bertz CT molecular complexity index is 807. The van der Waals surface area contributed by atoms with E-state index in [1.165, 1.54) is 0 Å². The summed E-state index contributed by atoms with van der Waals surface area (Å²) in [7, 11) is 0. The number of carbonyl (C=O) groups excluding carboxylic acids is 2. The van der Waals surface area contributed by atoms with Gasteiger partial charge in [-0.05, 0) is 50.2 Å². The Labute approximate surface area is 158 Å². The van der Waals surface area contributed by atoms with Crippen molar-refractivity contribution in [1.29, 1.82) is 0 Å². The van der Waals surface area contributed by atoms with Crippen LogP contribution in [0.15, 0.2) is 48.5 Å². The van der Waals surface area contributed by atoms with Crippen molar-refractivity contribution in [3.05, 3.63) is 59.1 Å². The molecule has 0 radical (unpaired) electrons. The van der Waals surface area contributed by atoms with Crippen LogP contribution in [0.4, 0.5) is 5.69 Å². The van der Waals surface area contributed by atoms with Gasteiger partial charge < -0.3 is 14.5 Å². The minimum atomic E-state index is -0.556. The molecule has 3 rings (SSSR count). The summed E-state index contributed by atoms with van der Waals surface area (Å²) >= 11 is 6.13.